The Morgan fingerprint density at radius 2 is 1.92 bits per heavy atom. The van der Waals surface area contributed by atoms with Gasteiger partial charge >= 0.3 is 0 Å². The van der Waals surface area contributed by atoms with Crippen molar-refractivity contribution in [3.05, 3.63) is 69.7 Å². The van der Waals surface area contributed by atoms with E-state index in [2.05, 4.69) is 5.32 Å². The van der Waals surface area contributed by atoms with Crippen molar-refractivity contribution in [2.75, 3.05) is 20.3 Å². The maximum absolute atomic E-state index is 13.1. The normalized spacial score (nSPS) is 12.4. The first kappa shape index (κ1) is 17.6. The van der Waals surface area contributed by atoms with E-state index in [9.17, 15) is 4.79 Å². The number of para-hydroxylation sites is 1. The van der Waals surface area contributed by atoms with Gasteiger partial charge in [0.2, 0.25) is 0 Å². The summed E-state index contributed by atoms with van der Waals surface area (Å²) in [5, 5.41) is 3.35. The van der Waals surface area contributed by atoms with Crippen LogP contribution in [0.4, 0.5) is 0 Å². The minimum Gasteiger partial charge on any atom is -0.379 e. The van der Waals surface area contributed by atoms with Crippen molar-refractivity contribution in [1.82, 2.24) is 9.55 Å². The third-order valence-corrected chi connectivity index (χ3v) is 4.39. The van der Waals surface area contributed by atoms with Crippen LogP contribution in [0.5, 0.6) is 0 Å². The van der Waals surface area contributed by atoms with Crippen LogP contribution in [0, 0.1) is 0 Å². The van der Waals surface area contributed by atoms with Crippen LogP contribution in [-0.4, -0.2) is 29.8 Å². The zero-order valence-electron chi connectivity index (χ0n) is 14.3. The van der Waals surface area contributed by atoms with Gasteiger partial charge in [0.15, 0.2) is 5.82 Å². The second kappa shape index (κ2) is 7.78. The van der Waals surface area contributed by atoms with Crippen molar-refractivity contribution < 1.29 is 10.1 Å². The van der Waals surface area contributed by atoms with Gasteiger partial charge in [-0.3, -0.25) is 9.36 Å². The monoisotopic (exact) mass is 358 g/mol. The van der Waals surface area contributed by atoms with Crippen LogP contribution in [0.1, 0.15) is 18.8 Å². The highest BCUT2D eigenvalue weighted by Crippen LogP contribution is 2.18. The van der Waals surface area contributed by atoms with Crippen LogP contribution in [-0.2, 0) is 4.74 Å². The Labute approximate surface area is 151 Å². The molecule has 0 spiro atoms. The van der Waals surface area contributed by atoms with E-state index >= 15 is 0 Å². The number of halogens is 1. The fourth-order valence-corrected chi connectivity index (χ4v) is 2.96. The second-order valence-corrected chi connectivity index (χ2v) is 6.35. The molecular formula is C19H21ClN3O2+. The van der Waals surface area contributed by atoms with Crippen molar-refractivity contribution in [1.29, 1.82) is 0 Å². The lowest BCUT2D eigenvalue weighted by Crippen LogP contribution is -2.86. The average Bonchev–Trinajstić information content (AvgIpc) is 2.63. The third-order valence-electron chi connectivity index (χ3n) is 4.14. The van der Waals surface area contributed by atoms with Crippen molar-refractivity contribution in [3.8, 4) is 5.69 Å². The van der Waals surface area contributed by atoms with Gasteiger partial charge < -0.3 is 10.1 Å². The maximum Gasteiger partial charge on any atom is 0.266 e. The number of nitrogens with two attached hydrogens (primary N) is 1. The highest BCUT2D eigenvalue weighted by molar-refractivity contribution is 6.30. The zero-order valence-corrected chi connectivity index (χ0v) is 15.0. The summed E-state index contributed by atoms with van der Waals surface area (Å²) in [4.78, 5) is 17.9. The maximum atomic E-state index is 13.1. The number of ether oxygens (including phenoxy) is 1. The first-order chi connectivity index (χ1) is 12.1. The van der Waals surface area contributed by atoms with E-state index in [1.54, 1.807) is 29.9 Å². The van der Waals surface area contributed by atoms with Gasteiger partial charge in [-0.15, -0.1) is 0 Å². The SMILES string of the molecule is COCC[NH2+][C@@H](C)c1nc2ccccc2c(=O)n1-c1ccc(Cl)cc1. The van der Waals surface area contributed by atoms with Crippen molar-refractivity contribution >= 4 is 22.5 Å². The number of methoxy groups -OCH3 is 1. The summed E-state index contributed by atoms with van der Waals surface area (Å²) in [6.45, 7) is 3.47. The molecule has 25 heavy (non-hydrogen) atoms. The van der Waals surface area contributed by atoms with Gasteiger partial charge in [0, 0.05) is 12.1 Å². The summed E-state index contributed by atoms with van der Waals surface area (Å²) >= 11 is 6.00. The van der Waals surface area contributed by atoms with Crippen molar-refractivity contribution in [2.24, 2.45) is 0 Å². The van der Waals surface area contributed by atoms with Crippen molar-refractivity contribution in [3.63, 3.8) is 0 Å². The number of hydrogen-bond acceptors (Lipinski definition) is 3. The quantitative estimate of drug-likeness (QED) is 0.688. The van der Waals surface area contributed by atoms with Gasteiger partial charge in [0.05, 0.1) is 29.7 Å². The molecule has 0 amide bonds. The van der Waals surface area contributed by atoms with E-state index < -0.39 is 0 Å². The number of aromatic nitrogens is 2. The highest BCUT2D eigenvalue weighted by Gasteiger charge is 2.19. The van der Waals surface area contributed by atoms with E-state index in [0.717, 1.165) is 12.2 Å². The Morgan fingerprint density at radius 3 is 2.64 bits per heavy atom. The van der Waals surface area contributed by atoms with Gasteiger partial charge in [-0.05, 0) is 43.3 Å². The van der Waals surface area contributed by atoms with Crippen LogP contribution >= 0.6 is 11.6 Å². The standard InChI is InChI=1S/C19H20ClN3O2/c1-13(21-11-12-25-2)18-22-17-6-4-3-5-16(17)19(24)23(18)15-9-7-14(20)8-10-15/h3-10,13,21H,11-12H2,1-2H3/p+1/t13-/m0/s1. The Kier molecular flexibility index (Phi) is 5.48. The predicted molar refractivity (Wildman–Crippen MR) is 99.4 cm³/mol. The molecule has 130 valence electrons. The summed E-state index contributed by atoms with van der Waals surface area (Å²) in [7, 11) is 1.68. The lowest BCUT2D eigenvalue weighted by Gasteiger charge is -2.17. The molecule has 0 aliphatic heterocycles. The van der Waals surface area contributed by atoms with Gasteiger partial charge in [0.1, 0.15) is 6.04 Å². The highest BCUT2D eigenvalue weighted by atomic mass is 35.5. The van der Waals surface area contributed by atoms with Gasteiger partial charge in [0.25, 0.3) is 5.56 Å². The molecule has 0 bridgehead atoms. The molecule has 2 aromatic carbocycles. The molecule has 2 N–H and O–H groups in total. The number of fused-ring (bicyclic) bond motifs is 1. The summed E-state index contributed by atoms with van der Waals surface area (Å²) < 4.78 is 6.79. The minimum absolute atomic E-state index is 0.00290. The number of rotatable bonds is 6. The Bertz CT molecular complexity index is 922. The first-order valence-electron chi connectivity index (χ1n) is 8.21. The van der Waals surface area contributed by atoms with Crippen LogP contribution in [0.25, 0.3) is 16.6 Å². The smallest absolute Gasteiger partial charge is 0.266 e. The predicted octanol–water partition coefficient (Wildman–Crippen LogP) is 2.31. The van der Waals surface area contributed by atoms with Gasteiger partial charge in [-0.1, -0.05) is 23.7 Å². The fourth-order valence-electron chi connectivity index (χ4n) is 2.84. The van der Waals surface area contributed by atoms with Crippen LogP contribution in [0.15, 0.2) is 53.3 Å². The van der Waals surface area contributed by atoms with Gasteiger partial charge in [-0.2, -0.15) is 0 Å². The van der Waals surface area contributed by atoms with Crippen LogP contribution in [0.3, 0.4) is 0 Å². The summed E-state index contributed by atoms with van der Waals surface area (Å²) in [5.41, 5.74) is 1.39. The van der Waals surface area contributed by atoms with Gasteiger partial charge in [-0.25, -0.2) is 4.98 Å². The van der Waals surface area contributed by atoms with Crippen LogP contribution < -0.4 is 10.9 Å². The second-order valence-electron chi connectivity index (χ2n) is 5.91. The molecule has 0 unspecified atom stereocenters. The van der Waals surface area contributed by atoms with E-state index in [0.29, 0.717) is 28.4 Å². The Morgan fingerprint density at radius 1 is 1.20 bits per heavy atom. The topological polar surface area (TPSA) is 60.7 Å². The molecule has 3 aromatic rings. The molecule has 0 fully saturated rings. The Balaban J connectivity index is 2.17. The number of nitrogens with zero attached hydrogens (tertiary/aromatic N) is 2. The number of benzene rings is 2. The average molecular weight is 359 g/mol. The summed E-state index contributed by atoms with van der Waals surface area (Å²) in [6.07, 6.45) is 0. The van der Waals surface area contributed by atoms with Crippen molar-refractivity contribution in [2.45, 2.75) is 13.0 Å². The molecule has 6 heteroatoms. The molecule has 1 atom stereocenters. The van der Waals surface area contributed by atoms with Crippen LogP contribution in [0.2, 0.25) is 5.02 Å². The molecule has 0 aliphatic rings. The lowest BCUT2D eigenvalue weighted by atomic mass is 10.2. The molecule has 0 radical (unpaired) electrons. The first-order valence-corrected chi connectivity index (χ1v) is 8.59. The lowest BCUT2D eigenvalue weighted by molar-refractivity contribution is -0.695. The largest absolute Gasteiger partial charge is 0.379 e. The molecule has 3 rings (SSSR count). The molecule has 0 saturated heterocycles. The third kappa shape index (κ3) is 3.74. The van der Waals surface area contributed by atoms with E-state index in [4.69, 9.17) is 21.3 Å². The van der Waals surface area contributed by atoms with E-state index in [-0.39, 0.29) is 11.6 Å². The summed E-state index contributed by atoms with van der Waals surface area (Å²) in [6, 6.07) is 14.7. The molecule has 1 aromatic heterocycles. The molecule has 0 saturated carbocycles. The molecule has 1 heterocycles. The summed E-state index contributed by atoms with van der Waals surface area (Å²) in [5.74, 6) is 0.710. The Hall–Kier alpha value is -2.21. The van der Waals surface area contributed by atoms with E-state index in [1.165, 1.54) is 0 Å². The molecule has 5 nitrogen and oxygen atoms in total. The number of quaternary nitrogens is 1. The number of hydrogen-bond donors (Lipinski definition) is 1. The zero-order chi connectivity index (χ0) is 17.8. The molecule has 0 aliphatic carbocycles. The molecular weight excluding hydrogens is 338 g/mol. The fraction of sp³-hybridized carbons (Fsp3) is 0.263. The van der Waals surface area contributed by atoms with E-state index in [1.807, 2.05) is 37.3 Å². The minimum atomic E-state index is -0.0742.